The third-order valence-corrected chi connectivity index (χ3v) is 5.16. The highest BCUT2D eigenvalue weighted by molar-refractivity contribution is 5.91. The van der Waals surface area contributed by atoms with E-state index in [2.05, 4.69) is 5.32 Å². The van der Waals surface area contributed by atoms with Crippen LogP contribution < -0.4 is 5.32 Å². The average molecular weight is 413 g/mol. The van der Waals surface area contributed by atoms with Gasteiger partial charge in [-0.1, -0.05) is 42.5 Å². The Kier molecular flexibility index (Phi) is 7.99. The zero-order valence-electron chi connectivity index (χ0n) is 17.1. The van der Waals surface area contributed by atoms with Gasteiger partial charge in [-0.3, -0.25) is 4.79 Å². The van der Waals surface area contributed by atoms with E-state index in [1.165, 1.54) is 12.1 Å². The fourth-order valence-corrected chi connectivity index (χ4v) is 3.74. The van der Waals surface area contributed by atoms with E-state index in [1.807, 2.05) is 43.3 Å². The highest BCUT2D eigenvalue weighted by Crippen LogP contribution is 2.39. The van der Waals surface area contributed by atoms with Crippen LogP contribution in [-0.2, 0) is 20.8 Å². The van der Waals surface area contributed by atoms with Crippen LogP contribution in [0, 0.1) is 11.7 Å². The van der Waals surface area contributed by atoms with Gasteiger partial charge in [-0.15, -0.1) is 0 Å². The van der Waals surface area contributed by atoms with E-state index in [1.54, 1.807) is 12.1 Å². The number of ether oxygens (including phenoxy) is 2. The average Bonchev–Trinajstić information content (AvgIpc) is 2.77. The zero-order valence-corrected chi connectivity index (χ0v) is 17.1. The van der Waals surface area contributed by atoms with Crippen molar-refractivity contribution in [2.45, 2.75) is 38.5 Å². The number of rotatable bonds is 9. The normalized spacial score (nSPS) is 20.9. The molecule has 1 aliphatic rings. The third kappa shape index (κ3) is 5.68. The molecule has 30 heavy (non-hydrogen) atoms. The fourth-order valence-electron chi connectivity index (χ4n) is 3.74. The molecule has 3 atom stereocenters. The summed E-state index contributed by atoms with van der Waals surface area (Å²) in [6.45, 7) is 2.61. The molecule has 0 fully saturated rings. The minimum absolute atomic E-state index is 0.0285. The first-order valence-corrected chi connectivity index (χ1v) is 10.3. The quantitative estimate of drug-likeness (QED) is 0.655. The molecule has 5 nitrogen and oxygen atoms in total. The van der Waals surface area contributed by atoms with Gasteiger partial charge in [0.2, 0.25) is 6.29 Å². The Hall–Kier alpha value is -2.70. The largest absolute Gasteiger partial charge is 0.459 e. The second-order valence-electron chi connectivity index (χ2n) is 7.25. The van der Waals surface area contributed by atoms with E-state index in [0.717, 1.165) is 5.56 Å². The van der Waals surface area contributed by atoms with E-state index in [4.69, 9.17) is 9.47 Å². The van der Waals surface area contributed by atoms with E-state index in [9.17, 15) is 14.3 Å². The van der Waals surface area contributed by atoms with Crippen LogP contribution >= 0.6 is 0 Å². The summed E-state index contributed by atoms with van der Waals surface area (Å²) in [4.78, 5) is 12.8. The van der Waals surface area contributed by atoms with Gasteiger partial charge in [0.1, 0.15) is 5.82 Å². The first kappa shape index (κ1) is 22.0. The van der Waals surface area contributed by atoms with Crippen molar-refractivity contribution in [3.63, 3.8) is 0 Å². The molecule has 0 aliphatic carbocycles. The van der Waals surface area contributed by atoms with E-state index in [0.29, 0.717) is 25.0 Å². The van der Waals surface area contributed by atoms with Gasteiger partial charge in [-0.2, -0.15) is 0 Å². The number of benzene rings is 2. The number of carbonyl (C=O) groups excluding carboxylic acids is 1. The van der Waals surface area contributed by atoms with Crippen molar-refractivity contribution in [2.24, 2.45) is 5.92 Å². The monoisotopic (exact) mass is 413 g/mol. The van der Waals surface area contributed by atoms with Crippen molar-refractivity contribution in [1.82, 2.24) is 5.32 Å². The van der Waals surface area contributed by atoms with Gasteiger partial charge in [0, 0.05) is 31.6 Å². The van der Waals surface area contributed by atoms with Crippen LogP contribution in [-0.4, -0.2) is 30.5 Å². The van der Waals surface area contributed by atoms with Crippen LogP contribution in [0.2, 0.25) is 0 Å². The molecule has 3 rings (SSSR count). The lowest BCUT2D eigenvalue weighted by molar-refractivity contribution is -0.166. The minimum atomic E-state index is -0.591. The first-order chi connectivity index (χ1) is 14.6. The molecule has 2 aromatic rings. The topological polar surface area (TPSA) is 67.8 Å². The van der Waals surface area contributed by atoms with Crippen molar-refractivity contribution in [3.05, 3.63) is 83.4 Å². The standard InChI is InChI=1S/C24H28FNO4/c1-2-29-24-20(12-7-13-27)21(18-9-4-3-5-10-18)15-22(30-24)23(28)26-16-17-8-6-11-19(25)14-17/h3-6,8-11,14-15,20-21,24,27H,2,7,12-13,16H2,1H3,(H,26,28)/t20-,21+,24+/m1/s1. The van der Waals surface area contributed by atoms with Gasteiger partial charge in [-0.25, -0.2) is 4.39 Å². The Labute approximate surface area is 176 Å². The lowest BCUT2D eigenvalue weighted by Crippen LogP contribution is -2.39. The first-order valence-electron chi connectivity index (χ1n) is 10.3. The smallest absolute Gasteiger partial charge is 0.286 e. The van der Waals surface area contributed by atoms with Gasteiger partial charge in [0.25, 0.3) is 5.91 Å². The number of aliphatic hydroxyl groups excluding tert-OH is 1. The maximum Gasteiger partial charge on any atom is 0.286 e. The molecule has 0 bridgehead atoms. The van der Waals surface area contributed by atoms with Crippen LogP contribution in [0.15, 0.2) is 66.4 Å². The van der Waals surface area contributed by atoms with Gasteiger partial charge in [0.15, 0.2) is 5.76 Å². The molecule has 0 saturated heterocycles. The Morgan fingerprint density at radius 1 is 1.20 bits per heavy atom. The van der Waals surface area contributed by atoms with Gasteiger partial charge >= 0.3 is 0 Å². The van der Waals surface area contributed by atoms with Crippen LogP contribution in [0.3, 0.4) is 0 Å². The maximum atomic E-state index is 13.4. The summed E-state index contributed by atoms with van der Waals surface area (Å²) >= 11 is 0. The van der Waals surface area contributed by atoms with Crippen molar-refractivity contribution >= 4 is 5.91 Å². The van der Waals surface area contributed by atoms with E-state index >= 15 is 0 Å². The Morgan fingerprint density at radius 2 is 2.00 bits per heavy atom. The summed E-state index contributed by atoms with van der Waals surface area (Å²) in [5.41, 5.74) is 1.73. The lowest BCUT2D eigenvalue weighted by atomic mass is 9.80. The maximum absolute atomic E-state index is 13.4. The highest BCUT2D eigenvalue weighted by Gasteiger charge is 2.37. The number of hydrogen-bond acceptors (Lipinski definition) is 4. The molecule has 0 saturated carbocycles. The molecule has 160 valence electrons. The van der Waals surface area contributed by atoms with Gasteiger partial charge in [0.05, 0.1) is 0 Å². The van der Waals surface area contributed by atoms with Gasteiger partial charge < -0.3 is 19.9 Å². The number of halogens is 1. The Morgan fingerprint density at radius 3 is 2.70 bits per heavy atom. The molecule has 1 amide bonds. The summed E-state index contributed by atoms with van der Waals surface area (Å²) < 4.78 is 25.1. The number of aliphatic hydroxyl groups is 1. The molecular weight excluding hydrogens is 385 g/mol. The predicted octanol–water partition coefficient (Wildman–Crippen LogP) is 3.89. The van der Waals surface area contributed by atoms with Crippen molar-refractivity contribution in [1.29, 1.82) is 0 Å². The molecule has 2 N–H and O–H groups in total. The zero-order chi connectivity index (χ0) is 21.3. The predicted molar refractivity (Wildman–Crippen MR) is 112 cm³/mol. The van der Waals surface area contributed by atoms with Crippen molar-refractivity contribution in [2.75, 3.05) is 13.2 Å². The van der Waals surface area contributed by atoms with E-state index in [-0.39, 0.29) is 42.5 Å². The van der Waals surface area contributed by atoms with Crippen molar-refractivity contribution < 1.29 is 23.8 Å². The molecule has 1 aliphatic heterocycles. The molecule has 0 aromatic heterocycles. The minimum Gasteiger partial charge on any atom is -0.459 e. The van der Waals surface area contributed by atoms with Crippen LogP contribution in [0.5, 0.6) is 0 Å². The van der Waals surface area contributed by atoms with Crippen LogP contribution in [0.25, 0.3) is 0 Å². The molecule has 1 heterocycles. The molecule has 0 unspecified atom stereocenters. The Bertz CT molecular complexity index is 855. The number of amides is 1. The fraction of sp³-hybridized carbons (Fsp3) is 0.375. The summed E-state index contributed by atoms with van der Waals surface area (Å²) in [7, 11) is 0. The Balaban J connectivity index is 1.82. The molecule has 0 radical (unpaired) electrons. The third-order valence-electron chi connectivity index (χ3n) is 5.16. The second kappa shape index (κ2) is 10.9. The SMILES string of the molecule is CCO[C@H]1OC(C(=O)NCc2cccc(F)c2)=C[C@@H](c2ccccc2)[C@H]1CCCO. The van der Waals surface area contributed by atoms with E-state index < -0.39 is 6.29 Å². The number of carbonyl (C=O) groups is 1. The van der Waals surface area contributed by atoms with Crippen LogP contribution in [0.4, 0.5) is 4.39 Å². The molecule has 0 spiro atoms. The number of allylic oxidation sites excluding steroid dienone is 1. The summed E-state index contributed by atoms with van der Waals surface area (Å²) in [5, 5.41) is 12.1. The second-order valence-corrected chi connectivity index (χ2v) is 7.25. The van der Waals surface area contributed by atoms with Gasteiger partial charge in [-0.05, 0) is 49.1 Å². The summed E-state index contributed by atoms with van der Waals surface area (Å²) in [5.74, 6) is -0.635. The van der Waals surface area contributed by atoms with Crippen molar-refractivity contribution in [3.8, 4) is 0 Å². The molecule has 2 aromatic carbocycles. The van der Waals surface area contributed by atoms with Crippen LogP contribution in [0.1, 0.15) is 36.8 Å². The molecular formula is C24H28FNO4. The molecule has 6 heteroatoms. The highest BCUT2D eigenvalue weighted by atomic mass is 19.1. The number of hydrogen-bond donors (Lipinski definition) is 2. The summed E-state index contributed by atoms with van der Waals surface area (Å²) in [6.07, 6.45) is 2.56. The lowest BCUT2D eigenvalue weighted by Gasteiger charge is -2.37. The number of nitrogens with one attached hydrogen (secondary N) is 1. The summed E-state index contributed by atoms with van der Waals surface area (Å²) in [6, 6.07) is 16.0.